The van der Waals surface area contributed by atoms with Gasteiger partial charge in [0.15, 0.2) is 0 Å². The van der Waals surface area contributed by atoms with Gasteiger partial charge in [-0.25, -0.2) is 13.1 Å². The van der Waals surface area contributed by atoms with Gasteiger partial charge in [-0.1, -0.05) is 32.6 Å². The molecule has 4 nitrogen and oxygen atoms in total. The van der Waals surface area contributed by atoms with Gasteiger partial charge < -0.3 is 5.32 Å². The number of sulfonamides is 1. The lowest BCUT2D eigenvalue weighted by Gasteiger charge is -2.15. The van der Waals surface area contributed by atoms with Crippen LogP contribution in [0.15, 0.2) is 10.3 Å². The van der Waals surface area contributed by atoms with Gasteiger partial charge in [-0.3, -0.25) is 0 Å². The van der Waals surface area contributed by atoms with E-state index in [1.54, 1.807) is 6.07 Å². The lowest BCUT2D eigenvalue weighted by molar-refractivity contribution is 0.511. The minimum Gasteiger partial charge on any atom is -0.312 e. The van der Waals surface area contributed by atoms with Crippen LogP contribution >= 0.6 is 11.3 Å². The highest BCUT2D eigenvalue weighted by Crippen LogP contribution is 2.27. The van der Waals surface area contributed by atoms with E-state index < -0.39 is 10.0 Å². The zero-order valence-corrected chi connectivity index (χ0v) is 14.6. The Morgan fingerprint density at radius 2 is 1.90 bits per heavy atom. The minimum absolute atomic E-state index is 0.108. The molecule has 21 heavy (non-hydrogen) atoms. The van der Waals surface area contributed by atoms with E-state index in [1.807, 2.05) is 13.8 Å². The lowest BCUT2D eigenvalue weighted by Crippen LogP contribution is -2.33. The number of aryl methyl sites for hydroxylation is 1. The topological polar surface area (TPSA) is 58.2 Å². The Morgan fingerprint density at radius 1 is 1.24 bits per heavy atom. The maximum absolute atomic E-state index is 12.5. The second-order valence-corrected chi connectivity index (χ2v) is 8.84. The van der Waals surface area contributed by atoms with E-state index in [0.717, 1.165) is 49.2 Å². The summed E-state index contributed by atoms with van der Waals surface area (Å²) < 4.78 is 28.4. The predicted molar refractivity (Wildman–Crippen MR) is 88.2 cm³/mol. The molecule has 0 amide bonds. The molecule has 0 bridgehead atoms. The molecule has 2 N–H and O–H groups in total. The Hall–Kier alpha value is -0.430. The van der Waals surface area contributed by atoms with Crippen molar-refractivity contribution >= 4 is 21.4 Å². The summed E-state index contributed by atoms with van der Waals surface area (Å²) in [4.78, 5) is 1.11. The normalized spacial score (nSPS) is 17.8. The quantitative estimate of drug-likeness (QED) is 0.788. The average molecular weight is 331 g/mol. The first-order chi connectivity index (χ1) is 10.0. The minimum atomic E-state index is -3.36. The summed E-state index contributed by atoms with van der Waals surface area (Å²) in [6, 6.07) is 1.91. The summed E-state index contributed by atoms with van der Waals surface area (Å²) >= 11 is 1.39. The molecule has 0 aromatic carbocycles. The van der Waals surface area contributed by atoms with Crippen molar-refractivity contribution in [1.29, 1.82) is 0 Å². The molecule has 1 fully saturated rings. The molecule has 120 valence electrons. The number of thiophene rings is 1. The molecule has 0 aliphatic heterocycles. The number of rotatable bonds is 6. The van der Waals surface area contributed by atoms with Gasteiger partial charge >= 0.3 is 0 Å². The monoisotopic (exact) mass is 330 g/mol. The van der Waals surface area contributed by atoms with Crippen molar-refractivity contribution in [2.24, 2.45) is 0 Å². The fourth-order valence-corrected chi connectivity index (χ4v) is 5.59. The molecule has 1 aromatic heterocycles. The third-order valence-corrected chi connectivity index (χ3v) is 7.21. The van der Waals surface area contributed by atoms with Gasteiger partial charge in [-0.05, 0) is 37.9 Å². The average Bonchev–Trinajstić information content (AvgIpc) is 2.64. The predicted octanol–water partition coefficient (Wildman–Crippen LogP) is 3.17. The second kappa shape index (κ2) is 7.72. The summed E-state index contributed by atoms with van der Waals surface area (Å²) in [5.41, 5.74) is 1.06. The molecule has 6 heteroatoms. The van der Waals surface area contributed by atoms with Crippen LogP contribution in [0.5, 0.6) is 0 Å². The number of nitrogens with one attached hydrogen (secondary N) is 2. The van der Waals surface area contributed by atoms with Gasteiger partial charge in [0.05, 0.1) is 0 Å². The zero-order chi connectivity index (χ0) is 15.3. The molecule has 0 spiro atoms. The molecule has 1 heterocycles. The van der Waals surface area contributed by atoms with E-state index in [9.17, 15) is 8.42 Å². The Bertz CT molecular complexity index is 544. The standard InChI is InChI=1S/C15H26N2O2S2/c1-3-16-11-14-12(2)10-15(20-14)21(18,19)17-13-8-6-4-5-7-9-13/h10,13,16-17H,3-9,11H2,1-2H3. The summed E-state index contributed by atoms with van der Waals surface area (Å²) in [5.74, 6) is 0. The molecule has 1 aromatic rings. The van der Waals surface area contributed by atoms with Crippen LogP contribution in [-0.2, 0) is 16.6 Å². The lowest BCUT2D eigenvalue weighted by atomic mass is 10.1. The summed E-state index contributed by atoms with van der Waals surface area (Å²) in [6.07, 6.45) is 6.64. The number of hydrogen-bond donors (Lipinski definition) is 2. The van der Waals surface area contributed by atoms with E-state index in [2.05, 4.69) is 10.0 Å². The van der Waals surface area contributed by atoms with Gasteiger partial charge in [0.2, 0.25) is 10.0 Å². The summed E-state index contributed by atoms with van der Waals surface area (Å²) in [6.45, 7) is 5.66. The summed E-state index contributed by atoms with van der Waals surface area (Å²) in [5, 5.41) is 3.25. The first kappa shape index (κ1) is 16.9. The zero-order valence-electron chi connectivity index (χ0n) is 12.9. The molecule has 2 rings (SSSR count). The van der Waals surface area contributed by atoms with Crippen LogP contribution in [0, 0.1) is 6.92 Å². The summed E-state index contributed by atoms with van der Waals surface area (Å²) in [7, 11) is -3.36. The molecule has 1 saturated carbocycles. The maximum atomic E-state index is 12.5. The largest absolute Gasteiger partial charge is 0.312 e. The van der Waals surface area contributed by atoms with E-state index in [4.69, 9.17) is 0 Å². The van der Waals surface area contributed by atoms with Gasteiger partial charge in [-0.15, -0.1) is 11.3 Å². The van der Waals surface area contributed by atoms with E-state index in [-0.39, 0.29) is 6.04 Å². The van der Waals surface area contributed by atoms with E-state index in [0.29, 0.717) is 4.21 Å². The fraction of sp³-hybridized carbons (Fsp3) is 0.733. The third kappa shape index (κ3) is 4.77. The van der Waals surface area contributed by atoms with Gasteiger partial charge in [0.1, 0.15) is 4.21 Å². The van der Waals surface area contributed by atoms with Crippen LogP contribution in [0.25, 0.3) is 0 Å². The molecule has 0 atom stereocenters. The molecule has 0 unspecified atom stereocenters. The van der Waals surface area contributed by atoms with Crippen molar-refractivity contribution in [3.8, 4) is 0 Å². The van der Waals surface area contributed by atoms with Crippen molar-refractivity contribution < 1.29 is 8.42 Å². The molecule has 0 radical (unpaired) electrons. The van der Waals surface area contributed by atoms with Crippen molar-refractivity contribution in [2.75, 3.05) is 6.54 Å². The Balaban J connectivity index is 2.07. The van der Waals surface area contributed by atoms with Crippen molar-refractivity contribution in [3.63, 3.8) is 0 Å². The Morgan fingerprint density at radius 3 is 2.52 bits per heavy atom. The van der Waals surface area contributed by atoms with Crippen LogP contribution in [0.2, 0.25) is 0 Å². The van der Waals surface area contributed by atoms with Crippen LogP contribution in [-0.4, -0.2) is 21.0 Å². The molecular formula is C15H26N2O2S2. The van der Waals surface area contributed by atoms with Crippen LogP contribution in [0.1, 0.15) is 55.9 Å². The maximum Gasteiger partial charge on any atom is 0.250 e. The van der Waals surface area contributed by atoms with Crippen LogP contribution < -0.4 is 10.0 Å². The fourth-order valence-electron chi connectivity index (χ4n) is 2.71. The highest BCUT2D eigenvalue weighted by Gasteiger charge is 2.23. The first-order valence-corrected chi connectivity index (χ1v) is 10.1. The van der Waals surface area contributed by atoms with Crippen LogP contribution in [0.3, 0.4) is 0 Å². The molecule has 1 aliphatic carbocycles. The van der Waals surface area contributed by atoms with Gasteiger partial charge in [-0.2, -0.15) is 0 Å². The van der Waals surface area contributed by atoms with Gasteiger partial charge in [0.25, 0.3) is 0 Å². The van der Waals surface area contributed by atoms with Crippen molar-refractivity contribution in [2.45, 2.75) is 69.2 Å². The van der Waals surface area contributed by atoms with Crippen molar-refractivity contribution in [3.05, 3.63) is 16.5 Å². The molecular weight excluding hydrogens is 304 g/mol. The Kier molecular flexibility index (Phi) is 6.22. The Labute approximate surface area is 132 Å². The van der Waals surface area contributed by atoms with Crippen molar-refractivity contribution in [1.82, 2.24) is 10.0 Å². The van der Waals surface area contributed by atoms with Crippen LogP contribution in [0.4, 0.5) is 0 Å². The number of hydrogen-bond acceptors (Lipinski definition) is 4. The van der Waals surface area contributed by atoms with Gasteiger partial charge in [0, 0.05) is 17.5 Å². The highest BCUT2D eigenvalue weighted by molar-refractivity contribution is 7.91. The first-order valence-electron chi connectivity index (χ1n) is 7.85. The van der Waals surface area contributed by atoms with E-state index >= 15 is 0 Å². The van der Waals surface area contributed by atoms with E-state index in [1.165, 1.54) is 24.2 Å². The molecule has 1 aliphatic rings. The SMILES string of the molecule is CCNCc1sc(S(=O)(=O)NC2CCCCCC2)cc1C. The smallest absolute Gasteiger partial charge is 0.250 e. The second-order valence-electron chi connectivity index (χ2n) is 5.76. The highest BCUT2D eigenvalue weighted by atomic mass is 32.2. The molecule has 0 saturated heterocycles. The third-order valence-electron chi connectivity index (χ3n) is 3.98.